The second-order valence-corrected chi connectivity index (χ2v) is 4.56. The van der Waals surface area contributed by atoms with Crippen molar-refractivity contribution in [3.05, 3.63) is 0 Å². The third-order valence-corrected chi connectivity index (χ3v) is 3.12. The Morgan fingerprint density at radius 3 is 2.50 bits per heavy atom. The van der Waals surface area contributed by atoms with Crippen molar-refractivity contribution in [1.82, 2.24) is 5.32 Å². The number of hydrogen-bond donors (Lipinski definition) is 2. The van der Waals surface area contributed by atoms with Gasteiger partial charge in [-0.1, -0.05) is 13.8 Å². The van der Waals surface area contributed by atoms with Crippen LogP contribution < -0.4 is 5.32 Å². The third-order valence-electron chi connectivity index (χ3n) is 3.12. The van der Waals surface area contributed by atoms with E-state index >= 15 is 0 Å². The molecule has 0 radical (unpaired) electrons. The van der Waals surface area contributed by atoms with Crippen molar-refractivity contribution in [3.8, 4) is 0 Å². The average molecular weight is 201 g/mol. The second-order valence-electron chi connectivity index (χ2n) is 4.56. The summed E-state index contributed by atoms with van der Waals surface area (Å²) in [7, 11) is 1.77. The van der Waals surface area contributed by atoms with Crippen molar-refractivity contribution in [1.29, 1.82) is 0 Å². The lowest BCUT2D eigenvalue weighted by atomic mass is 9.87. The van der Waals surface area contributed by atoms with Crippen molar-refractivity contribution < 1.29 is 9.84 Å². The molecule has 1 atom stereocenters. The standard InChI is InChI=1S/C11H23NO2/c1-8(2)11(4-5-13)12-9-6-10(7-9)14-3/h8-13H,4-7H2,1-3H3. The van der Waals surface area contributed by atoms with Crippen LogP contribution in [0.4, 0.5) is 0 Å². The van der Waals surface area contributed by atoms with Crippen LogP contribution in [-0.2, 0) is 4.74 Å². The molecule has 84 valence electrons. The van der Waals surface area contributed by atoms with Gasteiger partial charge in [0.25, 0.3) is 0 Å². The largest absolute Gasteiger partial charge is 0.396 e. The summed E-state index contributed by atoms with van der Waals surface area (Å²) in [6.45, 7) is 4.66. The first-order valence-corrected chi connectivity index (χ1v) is 5.57. The van der Waals surface area contributed by atoms with Gasteiger partial charge in [-0.25, -0.2) is 0 Å². The van der Waals surface area contributed by atoms with Crippen LogP contribution >= 0.6 is 0 Å². The number of aliphatic hydroxyl groups excluding tert-OH is 1. The fourth-order valence-corrected chi connectivity index (χ4v) is 1.95. The first-order valence-electron chi connectivity index (χ1n) is 5.57. The molecule has 0 aliphatic heterocycles. The SMILES string of the molecule is COC1CC(NC(CCO)C(C)C)C1. The Labute approximate surface area is 86.8 Å². The zero-order valence-corrected chi connectivity index (χ0v) is 9.49. The van der Waals surface area contributed by atoms with E-state index in [4.69, 9.17) is 9.84 Å². The van der Waals surface area contributed by atoms with Crippen LogP contribution in [0.25, 0.3) is 0 Å². The zero-order chi connectivity index (χ0) is 10.6. The molecular formula is C11H23NO2. The Morgan fingerprint density at radius 1 is 1.43 bits per heavy atom. The minimum Gasteiger partial charge on any atom is -0.396 e. The Balaban J connectivity index is 2.20. The molecule has 1 aliphatic rings. The highest BCUT2D eigenvalue weighted by Crippen LogP contribution is 2.24. The fraction of sp³-hybridized carbons (Fsp3) is 1.00. The molecule has 14 heavy (non-hydrogen) atoms. The Bertz CT molecular complexity index is 155. The molecule has 0 saturated heterocycles. The molecule has 1 fully saturated rings. The van der Waals surface area contributed by atoms with Crippen LogP contribution in [0.15, 0.2) is 0 Å². The van der Waals surface area contributed by atoms with Gasteiger partial charge in [0.15, 0.2) is 0 Å². The monoisotopic (exact) mass is 201 g/mol. The van der Waals surface area contributed by atoms with Gasteiger partial charge in [0.1, 0.15) is 0 Å². The molecule has 0 heterocycles. The summed E-state index contributed by atoms with van der Waals surface area (Å²) in [5, 5.41) is 12.5. The van der Waals surface area contributed by atoms with Crippen LogP contribution in [0.1, 0.15) is 33.1 Å². The highest BCUT2D eigenvalue weighted by Gasteiger charge is 2.30. The van der Waals surface area contributed by atoms with Crippen LogP contribution in [0, 0.1) is 5.92 Å². The van der Waals surface area contributed by atoms with Gasteiger partial charge < -0.3 is 15.2 Å². The number of rotatable bonds is 6. The van der Waals surface area contributed by atoms with E-state index in [1.807, 2.05) is 0 Å². The summed E-state index contributed by atoms with van der Waals surface area (Å²) in [5.41, 5.74) is 0. The van der Waals surface area contributed by atoms with E-state index in [9.17, 15) is 0 Å². The van der Waals surface area contributed by atoms with E-state index in [-0.39, 0.29) is 6.61 Å². The van der Waals surface area contributed by atoms with Crippen molar-refractivity contribution in [3.63, 3.8) is 0 Å². The summed E-state index contributed by atoms with van der Waals surface area (Å²) < 4.78 is 5.23. The highest BCUT2D eigenvalue weighted by atomic mass is 16.5. The minimum atomic E-state index is 0.274. The van der Waals surface area contributed by atoms with E-state index < -0.39 is 0 Å². The van der Waals surface area contributed by atoms with Crippen molar-refractivity contribution >= 4 is 0 Å². The summed E-state index contributed by atoms with van der Waals surface area (Å²) >= 11 is 0. The van der Waals surface area contributed by atoms with E-state index in [0.717, 1.165) is 19.3 Å². The molecule has 0 spiro atoms. The number of aliphatic hydroxyl groups is 1. The lowest BCUT2D eigenvalue weighted by Gasteiger charge is -2.38. The van der Waals surface area contributed by atoms with Crippen LogP contribution in [0.3, 0.4) is 0 Å². The molecule has 0 bridgehead atoms. The first-order chi connectivity index (χ1) is 6.67. The average Bonchev–Trinajstić information content (AvgIpc) is 2.08. The minimum absolute atomic E-state index is 0.274. The Hall–Kier alpha value is -0.120. The van der Waals surface area contributed by atoms with Crippen LogP contribution in [0.5, 0.6) is 0 Å². The molecular weight excluding hydrogens is 178 g/mol. The molecule has 1 saturated carbocycles. The Morgan fingerprint density at radius 2 is 2.07 bits per heavy atom. The number of methoxy groups -OCH3 is 1. The fourth-order valence-electron chi connectivity index (χ4n) is 1.95. The predicted octanol–water partition coefficient (Wildman–Crippen LogP) is 1.16. The topological polar surface area (TPSA) is 41.5 Å². The number of ether oxygens (including phenoxy) is 1. The van der Waals surface area contributed by atoms with E-state index in [1.54, 1.807) is 7.11 Å². The lowest BCUT2D eigenvalue weighted by Crippen LogP contribution is -2.50. The molecule has 0 aromatic rings. The van der Waals surface area contributed by atoms with Gasteiger partial charge in [-0.3, -0.25) is 0 Å². The quantitative estimate of drug-likeness (QED) is 0.677. The maximum atomic E-state index is 8.92. The zero-order valence-electron chi connectivity index (χ0n) is 9.49. The molecule has 1 aliphatic carbocycles. The van der Waals surface area contributed by atoms with Crippen molar-refractivity contribution in [2.75, 3.05) is 13.7 Å². The van der Waals surface area contributed by atoms with E-state index in [1.165, 1.54) is 0 Å². The normalized spacial score (nSPS) is 28.9. The molecule has 3 nitrogen and oxygen atoms in total. The summed E-state index contributed by atoms with van der Waals surface area (Å²) in [5.74, 6) is 0.587. The van der Waals surface area contributed by atoms with Crippen LogP contribution in [0.2, 0.25) is 0 Å². The van der Waals surface area contributed by atoms with Gasteiger partial charge in [-0.15, -0.1) is 0 Å². The summed E-state index contributed by atoms with van der Waals surface area (Å²) in [4.78, 5) is 0. The predicted molar refractivity (Wildman–Crippen MR) is 57.3 cm³/mol. The number of hydrogen-bond acceptors (Lipinski definition) is 3. The van der Waals surface area contributed by atoms with Crippen LogP contribution in [-0.4, -0.2) is 37.0 Å². The highest BCUT2D eigenvalue weighted by molar-refractivity contribution is 4.88. The van der Waals surface area contributed by atoms with Gasteiger partial charge >= 0.3 is 0 Å². The third kappa shape index (κ3) is 3.23. The Kier molecular flexibility index (Phi) is 4.85. The molecule has 1 unspecified atom stereocenters. The molecule has 0 aromatic carbocycles. The molecule has 0 amide bonds. The van der Waals surface area contributed by atoms with Gasteiger partial charge in [0, 0.05) is 25.8 Å². The van der Waals surface area contributed by atoms with E-state index in [2.05, 4.69) is 19.2 Å². The smallest absolute Gasteiger partial charge is 0.0601 e. The van der Waals surface area contributed by atoms with Crippen molar-refractivity contribution in [2.45, 2.75) is 51.3 Å². The second kappa shape index (κ2) is 5.69. The lowest BCUT2D eigenvalue weighted by molar-refractivity contribution is 0.0113. The van der Waals surface area contributed by atoms with Gasteiger partial charge in [0.2, 0.25) is 0 Å². The summed E-state index contributed by atoms with van der Waals surface area (Å²) in [6, 6.07) is 1.04. The molecule has 0 aromatic heterocycles. The van der Waals surface area contributed by atoms with Crippen molar-refractivity contribution in [2.24, 2.45) is 5.92 Å². The summed E-state index contributed by atoms with van der Waals surface area (Å²) in [6.07, 6.45) is 3.54. The molecule has 3 heteroatoms. The van der Waals surface area contributed by atoms with Gasteiger partial charge in [-0.05, 0) is 25.2 Å². The first kappa shape index (κ1) is 12.0. The van der Waals surface area contributed by atoms with Gasteiger partial charge in [-0.2, -0.15) is 0 Å². The maximum Gasteiger partial charge on any atom is 0.0601 e. The molecule has 1 rings (SSSR count). The van der Waals surface area contributed by atoms with Gasteiger partial charge in [0.05, 0.1) is 6.10 Å². The maximum absolute atomic E-state index is 8.92. The van der Waals surface area contributed by atoms with E-state index in [0.29, 0.717) is 24.1 Å². The number of nitrogens with one attached hydrogen (secondary N) is 1. The molecule has 2 N–H and O–H groups in total.